The molecule has 1 atom stereocenters. The molecule has 3 N–H and O–H groups in total. The molecule has 0 amide bonds. The second kappa shape index (κ2) is 6.79. The molecule has 0 bridgehead atoms. The summed E-state index contributed by atoms with van der Waals surface area (Å²) in [6.45, 7) is 2.31. The Bertz CT molecular complexity index is 611. The molecule has 2 aromatic rings. The lowest BCUT2D eigenvalue weighted by Crippen LogP contribution is -2.14. The third-order valence-corrected chi connectivity index (χ3v) is 3.17. The van der Waals surface area contributed by atoms with E-state index >= 15 is 0 Å². The van der Waals surface area contributed by atoms with Gasteiger partial charge in [0.1, 0.15) is 11.3 Å². The molecule has 0 radical (unpaired) electrons. The maximum absolute atomic E-state index is 11.9. The predicted octanol–water partition coefficient (Wildman–Crippen LogP) is 3.01. The van der Waals surface area contributed by atoms with Crippen LogP contribution in [0, 0.1) is 5.92 Å². The number of carbonyl (C=O) groups excluding carboxylic acids is 1. The summed E-state index contributed by atoms with van der Waals surface area (Å²) in [6.07, 6.45) is 0.830. The van der Waals surface area contributed by atoms with Crippen molar-refractivity contribution < 1.29 is 14.6 Å². The molecule has 2 rings (SSSR count). The van der Waals surface area contributed by atoms with Crippen LogP contribution in [0.25, 0.3) is 0 Å². The average Bonchev–Trinajstić information content (AvgIpc) is 2.48. The lowest BCUT2D eigenvalue weighted by molar-refractivity contribution is 0.0446. The van der Waals surface area contributed by atoms with E-state index in [0.29, 0.717) is 12.3 Å². The first kappa shape index (κ1) is 14.9. The van der Waals surface area contributed by atoms with Crippen molar-refractivity contribution in [1.29, 1.82) is 0 Å². The van der Waals surface area contributed by atoms with Gasteiger partial charge < -0.3 is 15.6 Å². The van der Waals surface area contributed by atoms with Crippen LogP contribution in [-0.4, -0.2) is 17.7 Å². The molecule has 0 heterocycles. The zero-order valence-corrected chi connectivity index (χ0v) is 12.0. The van der Waals surface area contributed by atoms with Crippen LogP contribution in [0.15, 0.2) is 48.5 Å². The molecule has 0 aromatic heterocycles. The average molecular weight is 285 g/mol. The van der Waals surface area contributed by atoms with Crippen LogP contribution in [0.2, 0.25) is 0 Å². The van der Waals surface area contributed by atoms with Crippen molar-refractivity contribution in [3.8, 4) is 5.75 Å². The fraction of sp³-hybridized carbons (Fsp3) is 0.235. The topological polar surface area (TPSA) is 72.5 Å². The van der Waals surface area contributed by atoms with Crippen LogP contribution in [-0.2, 0) is 11.2 Å². The monoisotopic (exact) mass is 285 g/mol. The first-order valence-corrected chi connectivity index (χ1v) is 6.86. The van der Waals surface area contributed by atoms with Gasteiger partial charge >= 0.3 is 5.97 Å². The number of esters is 1. The Morgan fingerprint density at radius 3 is 2.67 bits per heavy atom. The quantitative estimate of drug-likeness (QED) is 0.503. The second-order valence-corrected chi connectivity index (χ2v) is 5.17. The lowest BCUT2D eigenvalue weighted by atomic mass is 10.0. The van der Waals surface area contributed by atoms with E-state index in [9.17, 15) is 9.90 Å². The summed E-state index contributed by atoms with van der Waals surface area (Å²) < 4.78 is 5.24. The highest BCUT2D eigenvalue weighted by atomic mass is 16.5. The molecule has 0 saturated carbocycles. The Balaban J connectivity index is 1.90. The van der Waals surface area contributed by atoms with Crippen LogP contribution in [0.1, 0.15) is 22.8 Å². The summed E-state index contributed by atoms with van der Waals surface area (Å²) in [5.41, 5.74) is 7.32. The number of hydrogen-bond donors (Lipinski definition) is 2. The van der Waals surface area contributed by atoms with E-state index in [2.05, 4.69) is 0 Å². The standard InChI is InChI=1S/C17H19NO3/c1-12(9-13-5-3-2-4-6-13)11-21-17(20)15-10-14(18)7-8-16(15)19/h2-8,10,12,19H,9,11,18H2,1H3/t12-/m0/s1. The van der Waals surface area contributed by atoms with Gasteiger partial charge in [0.15, 0.2) is 0 Å². The summed E-state index contributed by atoms with van der Waals surface area (Å²) in [6, 6.07) is 14.4. The van der Waals surface area contributed by atoms with Gasteiger partial charge in [-0.2, -0.15) is 0 Å². The second-order valence-electron chi connectivity index (χ2n) is 5.17. The summed E-state index contributed by atoms with van der Waals surface area (Å²) in [4.78, 5) is 11.9. The van der Waals surface area contributed by atoms with Gasteiger partial charge in [0, 0.05) is 5.69 Å². The smallest absolute Gasteiger partial charge is 0.341 e. The van der Waals surface area contributed by atoms with Crippen LogP contribution < -0.4 is 5.73 Å². The minimum absolute atomic E-state index is 0.0990. The predicted molar refractivity (Wildman–Crippen MR) is 82.1 cm³/mol. The number of aromatic hydroxyl groups is 1. The molecule has 0 unspecified atom stereocenters. The molecule has 0 saturated heterocycles. The summed E-state index contributed by atoms with van der Waals surface area (Å²) in [5, 5.41) is 9.65. The fourth-order valence-electron chi connectivity index (χ4n) is 2.09. The maximum atomic E-state index is 11.9. The number of carbonyl (C=O) groups is 1. The number of nitrogens with two attached hydrogens (primary N) is 1. The first-order valence-electron chi connectivity index (χ1n) is 6.86. The van der Waals surface area contributed by atoms with Crippen LogP contribution in [0.5, 0.6) is 5.75 Å². The number of anilines is 1. The van der Waals surface area contributed by atoms with Crippen molar-refractivity contribution in [2.45, 2.75) is 13.3 Å². The summed E-state index contributed by atoms with van der Waals surface area (Å²) >= 11 is 0. The Hall–Kier alpha value is -2.49. The minimum Gasteiger partial charge on any atom is -0.507 e. The number of benzene rings is 2. The Morgan fingerprint density at radius 2 is 1.95 bits per heavy atom. The van der Waals surface area contributed by atoms with Crippen LogP contribution in [0.3, 0.4) is 0 Å². The number of ether oxygens (including phenoxy) is 1. The molecule has 4 nitrogen and oxygen atoms in total. The third-order valence-electron chi connectivity index (χ3n) is 3.17. The fourth-order valence-corrected chi connectivity index (χ4v) is 2.09. The summed E-state index contributed by atoms with van der Waals surface area (Å²) in [7, 11) is 0. The Kier molecular flexibility index (Phi) is 4.82. The normalized spacial score (nSPS) is 11.9. The van der Waals surface area contributed by atoms with Gasteiger partial charge in [0.05, 0.1) is 6.61 Å². The van der Waals surface area contributed by atoms with Gasteiger partial charge in [-0.05, 0) is 36.1 Å². The number of hydrogen-bond acceptors (Lipinski definition) is 4. The molecule has 0 aliphatic heterocycles. The maximum Gasteiger partial charge on any atom is 0.341 e. The molecule has 21 heavy (non-hydrogen) atoms. The number of phenolic OH excluding ortho intramolecular Hbond substituents is 1. The highest BCUT2D eigenvalue weighted by molar-refractivity contribution is 5.93. The molecule has 0 spiro atoms. The number of phenols is 1. The van der Waals surface area contributed by atoms with Crippen LogP contribution >= 0.6 is 0 Å². The van der Waals surface area contributed by atoms with Crippen LogP contribution in [0.4, 0.5) is 5.69 Å². The first-order chi connectivity index (χ1) is 10.1. The molecule has 0 aliphatic rings. The van der Waals surface area contributed by atoms with Crippen molar-refractivity contribution >= 4 is 11.7 Å². The van der Waals surface area contributed by atoms with Gasteiger partial charge in [0.25, 0.3) is 0 Å². The van der Waals surface area contributed by atoms with E-state index in [1.807, 2.05) is 37.3 Å². The lowest BCUT2D eigenvalue weighted by Gasteiger charge is -2.13. The van der Waals surface area contributed by atoms with Crippen molar-refractivity contribution in [2.24, 2.45) is 5.92 Å². The molecule has 2 aromatic carbocycles. The highest BCUT2D eigenvalue weighted by Crippen LogP contribution is 2.21. The van der Waals surface area contributed by atoms with E-state index in [-0.39, 0.29) is 17.2 Å². The number of nitrogen functional groups attached to an aromatic ring is 1. The molecule has 0 fully saturated rings. The molecule has 110 valence electrons. The largest absolute Gasteiger partial charge is 0.507 e. The van der Waals surface area contributed by atoms with E-state index in [4.69, 9.17) is 10.5 Å². The summed E-state index contributed by atoms with van der Waals surface area (Å²) in [5.74, 6) is -0.482. The van der Waals surface area contributed by atoms with Crippen molar-refractivity contribution in [3.63, 3.8) is 0 Å². The SMILES string of the molecule is C[C@H](COC(=O)c1cc(N)ccc1O)Cc1ccccc1. The Labute approximate surface area is 124 Å². The molecular weight excluding hydrogens is 266 g/mol. The molecular formula is C17H19NO3. The molecule has 0 aliphatic carbocycles. The zero-order valence-electron chi connectivity index (χ0n) is 12.0. The van der Waals surface area contributed by atoms with Gasteiger partial charge in [0.2, 0.25) is 0 Å². The van der Waals surface area contributed by atoms with E-state index in [1.54, 1.807) is 0 Å². The minimum atomic E-state index is -0.556. The molecule has 4 heteroatoms. The Morgan fingerprint density at radius 1 is 1.24 bits per heavy atom. The van der Waals surface area contributed by atoms with Gasteiger partial charge in [-0.1, -0.05) is 37.3 Å². The van der Waals surface area contributed by atoms with Gasteiger partial charge in [-0.3, -0.25) is 0 Å². The van der Waals surface area contributed by atoms with E-state index < -0.39 is 5.97 Å². The zero-order chi connectivity index (χ0) is 15.2. The van der Waals surface area contributed by atoms with E-state index in [0.717, 1.165) is 6.42 Å². The van der Waals surface area contributed by atoms with Gasteiger partial charge in [-0.25, -0.2) is 4.79 Å². The van der Waals surface area contributed by atoms with Crippen molar-refractivity contribution in [2.75, 3.05) is 12.3 Å². The number of rotatable bonds is 5. The van der Waals surface area contributed by atoms with Crippen molar-refractivity contribution in [1.82, 2.24) is 0 Å². The van der Waals surface area contributed by atoms with E-state index in [1.165, 1.54) is 23.8 Å². The highest BCUT2D eigenvalue weighted by Gasteiger charge is 2.14. The van der Waals surface area contributed by atoms with Crippen molar-refractivity contribution in [3.05, 3.63) is 59.7 Å². The van der Waals surface area contributed by atoms with Gasteiger partial charge in [-0.15, -0.1) is 0 Å². The third kappa shape index (κ3) is 4.24.